The molecule has 0 spiro atoms. The van der Waals surface area contributed by atoms with Crippen LogP contribution in [0, 0.1) is 0 Å². The lowest BCUT2D eigenvalue weighted by atomic mass is 10.0. The highest BCUT2D eigenvalue weighted by atomic mass is 35.5. The lowest BCUT2D eigenvalue weighted by Crippen LogP contribution is -2.16. The molecular weight excluding hydrogens is 411 g/mol. The van der Waals surface area contributed by atoms with Gasteiger partial charge in [-0.25, -0.2) is 0 Å². The second kappa shape index (κ2) is 11.4. The molecule has 2 aromatic carbocycles. The Balaban J connectivity index is 1.97. The first-order valence-corrected chi connectivity index (χ1v) is 9.71. The highest BCUT2D eigenvalue weighted by molar-refractivity contribution is 6.37. The van der Waals surface area contributed by atoms with Gasteiger partial charge in [0, 0.05) is 13.0 Å². The monoisotopic (exact) mass is 430 g/mol. The zero-order valence-corrected chi connectivity index (χ0v) is 17.2. The summed E-state index contributed by atoms with van der Waals surface area (Å²) in [6.07, 6.45) is 1.38. The Morgan fingerprint density at radius 1 is 0.963 bits per heavy atom. The SMILES string of the molecule is COCC(=O)COc1ccc(Cc2cc(Cl)c(OCCCCl)c(Cl)c2)cc1. The summed E-state index contributed by atoms with van der Waals surface area (Å²) in [7, 11) is 1.48. The van der Waals surface area contributed by atoms with Gasteiger partial charge in [0.1, 0.15) is 19.0 Å². The summed E-state index contributed by atoms with van der Waals surface area (Å²) in [6.45, 7) is 0.505. The third-order valence-corrected chi connectivity index (χ3v) is 4.45. The Hall–Kier alpha value is -1.46. The summed E-state index contributed by atoms with van der Waals surface area (Å²) >= 11 is 18.2. The minimum absolute atomic E-state index is 0.0103. The first-order valence-electron chi connectivity index (χ1n) is 8.42. The van der Waals surface area contributed by atoms with Crippen LogP contribution in [0.4, 0.5) is 0 Å². The van der Waals surface area contributed by atoms with Crippen molar-refractivity contribution in [1.82, 2.24) is 0 Å². The van der Waals surface area contributed by atoms with Crippen molar-refractivity contribution >= 4 is 40.6 Å². The Bertz CT molecular complexity index is 724. The van der Waals surface area contributed by atoms with Gasteiger partial charge in [0.15, 0.2) is 11.5 Å². The molecule has 27 heavy (non-hydrogen) atoms. The fraction of sp³-hybridized carbons (Fsp3) is 0.350. The van der Waals surface area contributed by atoms with Crippen LogP contribution in [0.1, 0.15) is 17.5 Å². The van der Waals surface area contributed by atoms with E-state index in [1.807, 2.05) is 36.4 Å². The van der Waals surface area contributed by atoms with Crippen LogP contribution >= 0.6 is 34.8 Å². The summed E-state index contributed by atoms with van der Waals surface area (Å²) in [5.41, 5.74) is 2.03. The number of halogens is 3. The van der Waals surface area contributed by atoms with E-state index in [2.05, 4.69) is 0 Å². The second-order valence-corrected chi connectivity index (χ2v) is 7.05. The van der Waals surface area contributed by atoms with Crippen LogP contribution in [-0.2, 0) is 16.0 Å². The number of ketones is 1. The Kier molecular flexibility index (Phi) is 9.22. The molecule has 2 aromatic rings. The number of ether oxygens (including phenoxy) is 3. The minimum Gasteiger partial charge on any atom is -0.490 e. The summed E-state index contributed by atoms with van der Waals surface area (Å²) < 4.78 is 15.8. The molecule has 0 aliphatic heterocycles. The maximum Gasteiger partial charge on any atom is 0.195 e. The van der Waals surface area contributed by atoms with E-state index in [9.17, 15) is 4.79 Å². The molecule has 0 aliphatic carbocycles. The van der Waals surface area contributed by atoms with Crippen molar-refractivity contribution in [1.29, 1.82) is 0 Å². The smallest absolute Gasteiger partial charge is 0.195 e. The van der Waals surface area contributed by atoms with Gasteiger partial charge in [0.2, 0.25) is 0 Å². The van der Waals surface area contributed by atoms with Gasteiger partial charge in [-0.3, -0.25) is 4.79 Å². The zero-order valence-electron chi connectivity index (χ0n) is 15.0. The van der Waals surface area contributed by atoms with Crippen LogP contribution in [0.15, 0.2) is 36.4 Å². The van der Waals surface area contributed by atoms with E-state index in [0.29, 0.717) is 40.5 Å². The van der Waals surface area contributed by atoms with Crippen LogP contribution in [0.2, 0.25) is 10.0 Å². The fourth-order valence-corrected chi connectivity index (χ4v) is 3.14. The van der Waals surface area contributed by atoms with Crippen molar-refractivity contribution in [3.05, 3.63) is 57.6 Å². The van der Waals surface area contributed by atoms with Gasteiger partial charge in [-0.2, -0.15) is 0 Å². The number of benzene rings is 2. The minimum atomic E-state index is -0.112. The molecule has 0 amide bonds. The molecule has 0 radical (unpaired) electrons. The van der Waals surface area contributed by atoms with Gasteiger partial charge >= 0.3 is 0 Å². The molecule has 0 atom stereocenters. The predicted octanol–water partition coefficient (Wildman–Crippen LogP) is 5.19. The van der Waals surface area contributed by atoms with Crippen LogP contribution < -0.4 is 9.47 Å². The summed E-state index contributed by atoms with van der Waals surface area (Å²) in [4.78, 5) is 11.4. The normalized spacial score (nSPS) is 10.7. The molecule has 0 aliphatic rings. The van der Waals surface area contributed by atoms with Crippen LogP contribution in [0.25, 0.3) is 0 Å². The van der Waals surface area contributed by atoms with Gasteiger partial charge in [0.25, 0.3) is 0 Å². The second-order valence-electron chi connectivity index (χ2n) is 5.86. The summed E-state index contributed by atoms with van der Waals surface area (Å²) in [5.74, 6) is 1.52. The maximum atomic E-state index is 11.4. The number of methoxy groups -OCH3 is 1. The number of Topliss-reactive ketones (excluding diaryl/α,β-unsaturated/α-hetero) is 1. The lowest BCUT2D eigenvalue weighted by molar-refractivity contribution is -0.124. The third-order valence-electron chi connectivity index (χ3n) is 3.62. The van der Waals surface area contributed by atoms with Gasteiger partial charge in [-0.1, -0.05) is 35.3 Å². The molecule has 0 bridgehead atoms. The highest BCUT2D eigenvalue weighted by Crippen LogP contribution is 2.35. The number of alkyl halides is 1. The topological polar surface area (TPSA) is 44.8 Å². The molecule has 0 saturated carbocycles. The largest absolute Gasteiger partial charge is 0.490 e. The average molecular weight is 432 g/mol. The molecule has 0 N–H and O–H groups in total. The van der Waals surface area contributed by atoms with E-state index in [4.69, 9.17) is 49.0 Å². The van der Waals surface area contributed by atoms with E-state index < -0.39 is 0 Å². The Labute approximate surface area is 174 Å². The molecule has 146 valence electrons. The number of rotatable bonds is 11. The fourth-order valence-electron chi connectivity index (χ4n) is 2.39. The van der Waals surface area contributed by atoms with Crippen molar-refractivity contribution in [2.75, 3.05) is 32.8 Å². The number of carbonyl (C=O) groups excluding carboxylic acids is 1. The van der Waals surface area contributed by atoms with Crippen LogP contribution in [0.5, 0.6) is 11.5 Å². The van der Waals surface area contributed by atoms with Crippen molar-refractivity contribution in [3.63, 3.8) is 0 Å². The molecule has 0 saturated heterocycles. The molecule has 0 unspecified atom stereocenters. The van der Waals surface area contributed by atoms with E-state index in [1.165, 1.54) is 7.11 Å². The Morgan fingerprint density at radius 3 is 2.22 bits per heavy atom. The third kappa shape index (κ3) is 7.23. The van der Waals surface area contributed by atoms with Crippen LogP contribution in [-0.4, -0.2) is 38.6 Å². The van der Waals surface area contributed by atoms with E-state index in [0.717, 1.165) is 17.5 Å². The first-order chi connectivity index (χ1) is 13.0. The first kappa shape index (κ1) is 21.8. The highest BCUT2D eigenvalue weighted by Gasteiger charge is 2.10. The molecule has 0 fully saturated rings. The molecular formula is C20H21Cl3O4. The molecule has 4 nitrogen and oxygen atoms in total. The van der Waals surface area contributed by atoms with E-state index >= 15 is 0 Å². The van der Waals surface area contributed by atoms with Gasteiger partial charge in [0.05, 0.1) is 16.7 Å². The van der Waals surface area contributed by atoms with Crippen molar-refractivity contribution in [2.45, 2.75) is 12.8 Å². The number of hydrogen-bond acceptors (Lipinski definition) is 4. The molecule has 7 heteroatoms. The Morgan fingerprint density at radius 2 is 1.63 bits per heavy atom. The lowest BCUT2D eigenvalue weighted by Gasteiger charge is -2.12. The number of hydrogen-bond donors (Lipinski definition) is 0. The van der Waals surface area contributed by atoms with Crippen molar-refractivity contribution in [3.8, 4) is 11.5 Å². The van der Waals surface area contributed by atoms with Crippen molar-refractivity contribution < 1.29 is 19.0 Å². The molecule has 2 rings (SSSR count). The molecule has 0 aromatic heterocycles. The van der Waals surface area contributed by atoms with Crippen molar-refractivity contribution in [2.24, 2.45) is 0 Å². The molecule has 0 heterocycles. The van der Waals surface area contributed by atoms with Crippen LogP contribution in [0.3, 0.4) is 0 Å². The standard InChI is InChI=1S/C20H21Cl3O4/c1-25-12-16(24)13-27-17-5-3-14(4-6-17)9-15-10-18(22)20(19(23)11-15)26-8-2-7-21/h3-6,10-11H,2,7-9,12-13H2,1H3. The quantitative estimate of drug-likeness (QED) is 0.363. The maximum absolute atomic E-state index is 11.4. The zero-order chi connectivity index (χ0) is 19.6. The summed E-state index contributed by atoms with van der Waals surface area (Å²) in [5, 5.41) is 0.951. The van der Waals surface area contributed by atoms with Gasteiger partial charge in [-0.05, 0) is 48.2 Å². The average Bonchev–Trinajstić information content (AvgIpc) is 2.64. The number of carbonyl (C=O) groups is 1. The predicted molar refractivity (Wildman–Crippen MR) is 109 cm³/mol. The summed E-state index contributed by atoms with van der Waals surface area (Å²) in [6, 6.07) is 11.2. The van der Waals surface area contributed by atoms with E-state index in [1.54, 1.807) is 0 Å². The van der Waals surface area contributed by atoms with E-state index in [-0.39, 0.29) is 19.0 Å². The van der Waals surface area contributed by atoms with Gasteiger partial charge < -0.3 is 14.2 Å². The van der Waals surface area contributed by atoms with Gasteiger partial charge in [-0.15, -0.1) is 11.6 Å².